The van der Waals surface area contributed by atoms with E-state index in [1.165, 1.54) is 6.20 Å². The van der Waals surface area contributed by atoms with Gasteiger partial charge in [-0.3, -0.25) is 4.98 Å². The Balaban J connectivity index is 2.74. The zero-order chi connectivity index (χ0) is 15.7. The summed E-state index contributed by atoms with van der Waals surface area (Å²) in [5.41, 5.74) is 7.52. The van der Waals surface area contributed by atoms with E-state index in [0.717, 1.165) is 0 Å². The predicted octanol–water partition coefficient (Wildman–Crippen LogP) is 5.66. The van der Waals surface area contributed by atoms with Crippen LogP contribution in [0.3, 0.4) is 0 Å². The predicted molar refractivity (Wildman–Crippen MR) is 88.5 cm³/mol. The van der Waals surface area contributed by atoms with Crippen molar-refractivity contribution < 1.29 is 0 Å². The quantitative estimate of drug-likeness (QED) is 0.539. The molecule has 0 saturated carbocycles. The average Bonchev–Trinajstić information content (AvgIpc) is 2.47. The Hall–Kier alpha value is -0.890. The third-order valence-corrected chi connectivity index (χ3v) is 5.04. The molecule has 3 nitrogen and oxygen atoms in total. The van der Waals surface area contributed by atoms with Gasteiger partial charge in [0.1, 0.15) is 0 Å². The van der Waals surface area contributed by atoms with Gasteiger partial charge in [-0.05, 0) is 11.6 Å². The van der Waals surface area contributed by atoms with E-state index in [2.05, 4.69) is 4.98 Å². The molecule has 8 heteroatoms. The lowest BCUT2D eigenvalue weighted by Crippen LogP contribution is -1.97. The molecule has 1 aromatic carbocycles. The summed E-state index contributed by atoms with van der Waals surface area (Å²) in [4.78, 5) is 4.16. The summed E-state index contributed by atoms with van der Waals surface area (Å²) >= 11 is 30.4. The second kappa shape index (κ2) is 6.48. The van der Waals surface area contributed by atoms with Gasteiger partial charge in [0.2, 0.25) is 0 Å². The third-order valence-electron chi connectivity index (χ3n) is 2.76. The van der Waals surface area contributed by atoms with Crippen molar-refractivity contribution in [2.45, 2.75) is 6.42 Å². The molecule has 0 aliphatic heterocycles. The van der Waals surface area contributed by atoms with Crippen LogP contribution >= 0.6 is 58.0 Å². The number of benzene rings is 1. The van der Waals surface area contributed by atoms with Crippen molar-refractivity contribution in [2.24, 2.45) is 0 Å². The second-order valence-electron chi connectivity index (χ2n) is 4.05. The largest absolute Gasteiger partial charge is 0.397 e. The highest BCUT2D eigenvalue weighted by Crippen LogP contribution is 2.47. The van der Waals surface area contributed by atoms with E-state index >= 15 is 0 Å². The molecule has 2 rings (SSSR count). The average molecular weight is 381 g/mol. The van der Waals surface area contributed by atoms with Gasteiger partial charge >= 0.3 is 0 Å². The van der Waals surface area contributed by atoms with Gasteiger partial charge in [-0.2, -0.15) is 5.26 Å². The minimum absolute atomic E-state index is 0.0739. The minimum Gasteiger partial charge on any atom is -0.397 e. The van der Waals surface area contributed by atoms with Crippen LogP contribution in [0.2, 0.25) is 25.1 Å². The van der Waals surface area contributed by atoms with Crippen LogP contribution in [0.15, 0.2) is 12.3 Å². The van der Waals surface area contributed by atoms with Crippen LogP contribution in [-0.2, 0) is 6.42 Å². The summed E-state index contributed by atoms with van der Waals surface area (Å²) in [6.07, 6.45) is 1.55. The number of rotatable bonds is 2. The monoisotopic (exact) mass is 379 g/mol. The smallest absolute Gasteiger partial charge is 0.0809 e. The third kappa shape index (κ3) is 3.01. The Labute approximate surface area is 146 Å². The van der Waals surface area contributed by atoms with Crippen molar-refractivity contribution in [3.63, 3.8) is 0 Å². The number of pyridine rings is 1. The van der Waals surface area contributed by atoms with Gasteiger partial charge in [0.25, 0.3) is 0 Å². The number of aromatic nitrogens is 1. The fourth-order valence-corrected chi connectivity index (χ4v) is 3.04. The highest BCUT2D eigenvalue weighted by molar-refractivity contribution is 6.56. The summed E-state index contributed by atoms with van der Waals surface area (Å²) in [7, 11) is 0. The molecule has 1 heterocycles. The van der Waals surface area contributed by atoms with Gasteiger partial charge in [-0.15, -0.1) is 0 Å². The zero-order valence-electron chi connectivity index (χ0n) is 10.2. The molecule has 0 unspecified atom stereocenters. The molecule has 0 amide bonds. The first-order valence-corrected chi connectivity index (χ1v) is 7.40. The first-order chi connectivity index (χ1) is 9.88. The Morgan fingerprint density at radius 3 is 2.05 bits per heavy atom. The lowest BCUT2D eigenvalue weighted by molar-refractivity contribution is 1.22. The topological polar surface area (TPSA) is 62.7 Å². The van der Waals surface area contributed by atoms with Crippen LogP contribution in [0.1, 0.15) is 5.56 Å². The van der Waals surface area contributed by atoms with Crippen molar-refractivity contribution >= 4 is 63.7 Å². The Morgan fingerprint density at radius 2 is 1.52 bits per heavy atom. The number of halogens is 5. The van der Waals surface area contributed by atoms with Crippen molar-refractivity contribution in [1.29, 1.82) is 5.26 Å². The van der Waals surface area contributed by atoms with E-state index in [1.54, 1.807) is 6.07 Å². The molecule has 0 aliphatic rings. The van der Waals surface area contributed by atoms with E-state index in [9.17, 15) is 0 Å². The van der Waals surface area contributed by atoms with Crippen LogP contribution in [-0.4, -0.2) is 4.98 Å². The van der Waals surface area contributed by atoms with Crippen molar-refractivity contribution in [2.75, 3.05) is 5.73 Å². The van der Waals surface area contributed by atoms with E-state index in [4.69, 9.17) is 69.0 Å². The molecule has 0 fully saturated rings. The fourth-order valence-electron chi connectivity index (χ4n) is 1.71. The maximum Gasteiger partial charge on any atom is 0.0809 e. The molecule has 108 valence electrons. The van der Waals surface area contributed by atoms with Crippen LogP contribution < -0.4 is 5.73 Å². The molecule has 1 aromatic heterocycles. The number of nitrogens with two attached hydrogens (primary N) is 1. The molecular weight excluding hydrogens is 375 g/mol. The van der Waals surface area contributed by atoms with E-state index in [-0.39, 0.29) is 31.5 Å². The summed E-state index contributed by atoms with van der Waals surface area (Å²) in [6.45, 7) is 0. The molecule has 0 radical (unpaired) electrons. The Bertz CT molecular complexity index is 738. The molecule has 2 N–H and O–H groups in total. The Morgan fingerprint density at radius 1 is 1.00 bits per heavy atom. The van der Waals surface area contributed by atoms with E-state index in [1.807, 2.05) is 6.07 Å². The molecular formula is C13H6Cl5N3. The summed E-state index contributed by atoms with van der Waals surface area (Å²) < 4.78 is 0. The van der Waals surface area contributed by atoms with Crippen LogP contribution in [0.4, 0.5) is 5.69 Å². The van der Waals surface area contributed by atoms with Crippen molar-refractivity contribution in [3.8, 4) is 17.3 Å². The van der Waals surface area contributed by atoms with Crippen LogP contribution in [0, 0.1) is 11.3 Å². The molecule has 2 aromatic rings. The number of nitriles is 1. The molecule has 21 heavy (non-hydrogen) atoms. The van der Waals surface area contributed by atoms with Gasteiger partial charge in [-0.1, -0.05) is 58.0 Å². The van der Waals surface area contributed by atoms with Crippen LogP contribution in [0.5, 0.6) is 0 Å². The zero-order valence-corrected chi connectivity index (χ0v) is 14.0. The molecule has 0 saturated heterocycles. The highest BCUT2D eigenvalue weighted by atomic mass is 35.5. The maximum atomic E-state index is 8.80. The highest BCUT2D eigenvalue weighted by Gasteiger charge is 2.21. The summed E-state index contributed by atoms with van der Waals surface area (Å²) in [5, 5.41) is 9.32. The fraction of sp³-hybridized carbons (Fsp3) is 0.0769. The standard InChI is InChI=1S/C13H6Cl5N3/c14-9-8(10(15)12(17)13(18)11(9)16)7-3-5(1-2-19)6(20)4-21-7/h3-4H,1,20H2. The molecule has 0 atom stereocenters. The number of anilines is 1. The van der Waals surface area contributed by atoms with Gasteiger partial charge < -0.3 is 5.73 Å². The number of hydrogen-bond acceptors (Lipinski definition) is 3. The minimum atomic E-state index is 0.0739. The summed E-state index contributed by atoms with van der Waals surface area (Å²) in [5.74, 6) is 0. The lowest BCUT2D eigenvalue weighted by Gasteiger charge is -2.13. The lowest BCUT2D eigenvalue weighted by atomic mass is 10.1. The first kappa shape index (κ1) is 16.5. The van der Waals surface area contributed by atoms with Gasteiger partial charge in [0.05, 0.1) is 55.2 Å². The van der Waals surface area contributed by atoms with Crippen molar-refractivity contribution in [1.82, 2.24) is 4.98 Å². The molecule has 0 spiro atoms. The summed E-state index contributed by atoms with van der Waals surface area (Å²) in [6, 6.07) is 3.63. The van der Waals surface area contributed by atoms with Gasteiger partial charge in [0, 0.05) is 5.56 Å². The maximum absolute atomic E-state index is 8.80. The van der Waals surface area contributed by atoms with Gasteiger partial charge in [-0.25, -0.2) is 0 Å². The van der Waals surface area contributed by atoms with Gasteiger partial charge in [0.15, 0.2) is 0 Å². The molecule has 0 aliphatic carbocycles. The number of nitrogens with zero attached hydrogens (tertiary/aromatic N) is 2. The van der Waals surface area contributed by atoms with Crippen molar-refractivity contribution in [3.05, 3.63) is 42.9 Å². The number of nitrogen functional groups attached to an aromatic ring is 1. The molecule has 0 bridgehead atoms. The van der Waals surface area contributed by atoms with E-state index < -0.39 is 0 Å². The van der Waals surface area contributed by atoms with Crippen LogP contribution in [0.25, 0.3) is 11.3 Å². The second-order valence-corrected chi connectivity index (χ2v) is 5.94. The number of hydrogen-bond donors (Lipinski definition) is 1. The van der Waals surface area contributed by atoms with E-state index in [0.29, 0.717) is 22.5 Å². The Kier molecular flexibility index (Phi) is 5.08. The first-order valence-electron chi connectivity index (χ1n) is 5.51. The normalized spacial score (nSPS) is 10.5. The SMILES string of the molecule is N#CCc1cc(-c2c(Cl)c(Cl)c(Cl)c(Cl)c2Cl)ncc1N.